The summed E-state index contributed by atoms with van der Waals surface area (Å²) in [5.41, 5.74) is 0.897. The summed E-state index contributed by atoms with van der Waals surface area (Å²) in [5, 5.41) is 8.79. The summed E-state index contributed by atoms with van der Waals surface area (Å²) in [6.45, 7) is 0. The van der Waals surface area contributed by atoms with Gasteiger partial charge in [-0.1, -0.05) is 30.3 Å². The zero-order valence-electron chi connectivity index (χ0n) is 8.22. The molecule has 3 nitrogen and oxygen atoms in total. The summed E-state index contributed by atoms with van der Waals surface area (Å²) in [4.78, 5) is 14.4. The van der Waals surface area contributed by atoms with Crippen molar-refractivity contribution in [3.05, 3.63) is 54.0 Å². The SMILES string of the molecule is O=C(O)c1cc(F)nc(-c2ccccc2)c1. The maximum Gasteiger partial charge on any atom is 0.335 e. The Labute approximate surface area is 91.2 Å². The highest BCUT2D eigenvalue weighted by Gasteiger charge is 2.09. The zero-order valence-corrected chi connectivity index (χ0v) is 8.22. The smallest absolute Gasteiger partial charge is 0.335 e. The fraction of sp³-hybridized carbons (Fsp3) is 0. The molecule has 0 atom stereocenters. The Morgan fingerprint density at radius 2 is 1.88 bits per heavy atom. The first kappa shape index (κ1) is 10.3. The molecule has 0 aliphatic rings. The summed E-state index contributed by atoms with van der Waals surface area (Å²) in [7, 11) is 0. The van der Waals surface area contributed by atoms with Crippen molar-refractivity contribution in [2.75, 3.05) is 0 Å². The van der Waals surface area contributed by atoms with Crippen molar-refractivity contribution in [3.63, 3.8) is 0 Å². The minimum Gasteiger partial charge on any atom is -0.478 e. The van der Waals surface area contributed by atoms with Crippen LogP contribution in [0.2, 0.25) is 0 Å². The molecule has 0 radical (unpaired) electrons. The van der Waals surface area contributed by atoms with Gasteiger partial charge in [0.1, 0.15) is 0 Å². The summed E-state index contributed by atoms with van der Waals surface area (Å²) >= 11 is 0. The van der Waals surface area contributed by atoms with Crippen molar-refractivity contribution in [1.29, 1.82) is 0 Å². The van der Waals surface area contributed by atoms with Crippen molar-refractivity contribution in [2.45, 2.75) is 0 Å². The molecule has 0 unspecified atom stereocenters. The molecule has 4 heteroatoms. The molecule has 2 rings (SSSR count). The van der Waals surface area contributed by atoms with Gasteiger partial charge >= 0.3 is 5.97 Å². The maximum atomic E-state index is 13.1. The lowest BCUT2D eigenvalue weighted by molar-refractivity contribution is 0.0696. The molecule has 16 heavy (non-hydrogen) atoms. The quantitative estimate of drug-likeness (QED) is 0.786. The zero-order chi connectivity index (χ0) is 11.5. The van der Waals surface area contributed by atoms with E-state index in [0.717, 1.165) is 6.07 Å². The van der Waals surface area contributed by atoms with E-state index in [0.29, 0.717) is 11.3 Å². The van der Waals surface area contributed by atoms with Gasteiger partial charge in [-0.3, -0.25) is 0 Å². The van der Waals surface area contributed by atoms with Crippen molar-refractivity contribution >= 4 is 5.97 Å². The van der Waals surface area contributed by atoms with Crippen LogP contribution >= 0.6 is 0 Å². The predicted molar refractivity (Wildman–Crippen MR) is 56.6 cm³/mol. The second kappa shape index (κ2) is 4.10. The highest BCUT2D eigenvalue weighted by molar-refractivity contribution is 5.88. The number of hydrogen-bond donors (Lipinski definition) is 1. The molecule has 1 heterocycles. The molecule has 0 amide bonds. The van der Waals surface area contributed by atoms with Crippen molar-refractivity contribution in [2.24, 2.45) is 0 Å². The predicted octanol–water partition coefficient (Wildman–Crippen LogP) is 2.59. The van der Waals surface area contributed by atoms with E-state index >= 15 is 0 Å². The minimum atomic E-state index is -1.17. The van der Waals surface area contributed by atoms with E-state index in [4.69, 9.17) is 5.11 Å². The first-order valence-corrected chi connectivity index (χ1v) is 4.63. The van der Waals surface area contributed by atoms with Crippen LogP contribution in [0.4, 0.5) is 4.39 Å². The molecule has 1 aromatic heterocycles. The normalized spacial score (nSPS) is 10.1. The Balaban J connectivity index is 2.54. The lowest BCUT2D eigenvalue weighted by atomic mass is 10.1. The standard InChI is InChI=1S/C12H8FNO2/c13-11-7-9(12(15)16)6-10(14-11)8-4-2-1-3-5-8/h1-7H,(H,15,16). The number of carbonyl (C=O) groups is 1. The lowest BCUT2D eigenvalue weighted by Gasteiger charge is -2.02. The third kappa shape index (κ3) is 2.06. The highest BCUT2D eigenvalue weighted by atomic mass is 19.1. The van der Waals surface area contributed by atoms with Crippen LogP contribution in [0, 0.1) is 5.95 Å². The van der Waals surface area contributed by atoms with E-state index in [1.807, 2.05) is 6.07 Å². The van der Waals surface area contributed by atoms with Gasteiger partial charge in [-0.15, -0.1) is 0 Å². The highest BCUT2D eigenvalue weighted by Crippen LogP contribution is 2.18. The molecule has 0 saturated heterocycles. The molecule has 0 aliphatic carbocycles. The van der Waals surface area contributed by atoms with E-state index < -0.39 is 11.9 Å². The van der Waals surface area contributed by atoms with Gasteiger partial charge in [-0.2, -0.15) is 4.39 Å². The average Bonchev–Trinajstić information content (AvgIpc) is 2.29. The number of carboxylic acids is 1. The number of carboxylic acid groups (broad SMARTS) is 1. The molecular formula is C12H8FNO2. The first-order valence-electron chi connectivity index (χ1n) is 4.63. The number of pyridine rings is 1. The Morgan fingerprint density at radius 1 is 1.19 bits per heavy atom. The van der Waals surface area contributed by atoms with Crippen molar-refractivity contribution in [1.82, 2.24) is 4.98 Å². The first-order chi connectivity index (χ1) is 7.66. The fourth-order valence-electron chi connectivity index (χ4n) is 1.38. The Kier molecular flexibility index (Phi) is 2.64. The van der Waals surface area contributed by atoms with E-state index in [1.54, 1.807) is 24.3 Å². The number of benzene rings is 1. The van der Waals surface area contributed by atoms with Gasteiger partial charge in [0, 0.05) is 11.6 Å². The summed E-state index contributed by atoms with van der Waals surface area (Å²) < 4.78 is 13.1. The molecule has 2 aromatic rings. The van der Waals surface area contributed by atoms with Crippen molar-refractivity contribution in [3.8, 4) is 11.3 Å². The second-order valence-corrected chi connectivity index (χ2v) is 3.23. The molecule has 0 fully saturated rings. The number of nitrogens with zero attached hydrogens (tertiary/aromatic N) is 1. The van der Waals surface area contributed by atoms with Gasteiger partial charge in [0.25, 0.3) is 0 Å². The topological polar surface area (TPSA) is 50.2 Å². The van der Waals surface area contributed by atoms with Crippen LogP contribution in [0.5, 0.6) is 0 Å². The molecule has 1 aromatic carbocycles. The Morgan fingerprint density at radius 3 is 2.50 bits per heavy atom. The van der Waals surface area contributed by atoms with Crippen LogP contribution in [-0.2, 0) is 0 Å². The van der Waals surface area contributed by atoms with E-state index in [1.165, 1.54) is 6.07 Å². The molecule has 1 N–H and O–H groups in total. The van der Waals surface area contributed by atoms with Gasteiger partial charge in [-0.25, -0.2) is 9.78 Å². The van der Waals surface area contributed by atoms with E-state index in [9.17, 15) is 9.18 Å². The summed E-state index contributed by atoms with van der Waals surface area (Å²) in [6, 6.07) is 11.1. The van der Waals surface area contributed by atoms with E-state index in [-0.39, 0.29) is 5.56 Å². The summed E-state index contributed by atoms with van der Waals surface area (Å²) in [5.74, 6) is -1.96. The molecule has 0 saturated carbocycles. The van der Waals surface area contributed by atoms with Crippen molar-refractivity contribution < 1.29 is 14.3 Å². The minimum absolute atomic E-state index is 0.105. The fourth-order valence-corrected chi connectivity index (χ4v) is 1.38. The number of halogens is 1. The van der Waals surface area contributed by atoms with Crippen LogP contribution < -0.4 is 0 Å². The van der Waals surface area contributed by atoms with Gasteiger partial charge in [-0.05, 0) is 6.07 Å². The van der Waals surface area contributed by atoms with Crippen LogP contribution in [-0.4, -0.2) is 16.1 Å². The van der Waals surface area contributed by atoms with Crippen LogP contribution in [0.15, 0.2) is 42.5 Å². The Bertz CT molecular complexity index is 526. The third-order valence-corrected chi connectivity index (χ3v) is 2.11. The molecule has 0 spiro atoms. The third-order valence-electron chi connectivity index (χ3n) is 2.11. The number of aromatic carboxylic acids is 1. The molecule has 0 bridgehead atoms. The second-order valence-electron chi connectivity index (χ2n) is 3.23. The summed E-state index contributed by atoms with van der Waals surface area (Å²) in [6.07, 6.45) is 0. The average molecular weight is 217 g/mol. The number of aromatic nitrogens is 1. The number of hydrogen-bond acceptors (Lipinski definition) is 2. The van der Waals surface area contributed by atoms with E-state index in [2.05, 4.69) is 4.98 Å². The van der Waals surface area contributed by atoms with Gasteiger partial charge < -0.3 is 5.11 Å². The Hall–Kier alpha value is -2.23. The van der Waals surface area contributed by atoms with Gasteiger partial charge in [0.05, 0.1) is 11.3 Å². The maximum absolute atomic E-state index is 13.1. The van der Waals surface area contributed by atoms with Gasteiger partial charge in [0.15, 0.2) is 0 Å². The molecule has 80 valence electrons. The van der Waals surface area contributed by atoms with Crippen LogP contribution in [0.3, 0.4) is 0 Å². The van der Waals surface area contributed by atoms with Gasteiger partial charge in [0.2, 0.25) is 5.95 Å². The largest absolute Gasteiger partial charge is 0.478 e. The monoisotopic (exact) mass is 217 g/mol. The lowest BCUT2D eigenvalue weighted by Crippen LogP contribution is -2.00. The molecular weight excluding hydrogens is 209 g/mol. The van der Waals surface area contributed by atoms with Crippen LogP contribution in [0.1, 0.15) is 10.4 Å². The molecule has 0 aliphatic heterocycles. The van der Waals surface area contributed by atoms with Crippen LogP contribution in [0.25, 0.3) is 11.3 Å². The number of rotatable bonds is 2.